The van der Waals surface area contributed by atoms with E-state index >= 15 is 0 Å². The van der Waals surface area contributed by atoms with Gasteiger partial charge in [-0.1, -0.05) is 13.8 Å². The number of carbonyl (C=O) groups excluding carboxylic acids is 2. The number of Topliss-reactive ketones (excluding diaryl/α,β-unsaturated/α-hetero) is 1. The van der Waals surface area contributed by atoms with Crippen LogP contribution < -0.4 is 0 Å². The Morgan fingerprint density at radius 2 is 2.19 bits per heavy atom. The lowest BCUT2D eigenvalue weighted by atomic mass is 10.1. The second-order valence-corrected chi connectivity index (χ2v) is 3.75. The van der Waals surface area contributed by atoms with E-state index in [1.54, 1.807) is 18.3 Å². The highest BCUT2D eigenvalue weighted by Gasteiger charge is 2.10. The molecule has 1 aromatic heterocycles. The van der Waals surface area contributed by atoms with Crippen molar-refractivity contribution in [2.24, 2.45) is 5.92 Å². The number of hydrogen-bond donors (Lipinski definition) is 0. The molecule has 0 amide bonds. The quantitative estimate of drug-likeness (QED) is 0.712. The van der Waals surface area contributed by atoms with Crippen LogP contribution in [-0.2, 0) is 9.53 Å². The van der Waals surface area contributed by atoms with Crippen LogP contribution in [-0.4, -0.2) is 23.3 Å². The first kappa shape index (κ1) is 12.4. The van der Waals surface area contributed by atoms with Crippen molar-refractivity contribution >= 4 is 11.8 Å². The van der Waals surface area contributed by atoms with Crippen LogP contribution in [0.25, 0.3) is 0 Å². The number of aromatic nitrogens is 1. The lowest BCUT2D eigenvalue weighted by Gasteiger charge is -2.05. The molecule has 86 valence electrons. The molecule has 1 aromatic rings. The maximum Gasteiger partial charge on any atom is 0.339 e. The van der Waals surface area contributed by atoms with Gasteiger partial charge in [-0.2, -0.15) is 0 Å². The summed E-state index contributed by atoms with van der Waals surface area (Å²) >= 11 is 0. The van der Waals surface area contributed by atoms with Crippen molar-refractivity contribution in [2.75, 3.05) is 6.61 Å². The van der Waals surface area contributed by atoms with E-state index in [1.165, 1.54) is 6.20 Å². The number of ketones is 1. The van der Waals surface area contributed by atoms with Gasteiger partial charge in [0.05, 0.1) is 12.2 Å². The van der Waals surface area contributed by atoms with E-state index in [0.717, 1.165) is 0 Å². The summed E-state index contributed by atoms with van der Waals surface area (Å²) in [6, 6.07) is 3.29. The second-order valence-electron chi connectivity index (χ2n) is 3.75. The molecule has 0 spiro atoms. The van der Waals surface area contributed by atoms with Gasteiger partial charge in [-0.15, -0.1) is 0 Å². The normalized spacial score (nSPS) is 10.2. The zero-order valence-electron chi connectivity index (χ0n) is 9.47. The zero-order chi connectivity index (χ0) is 12.0. The second kappa shape index (κ2) is 6.00. The van der Waals surface area contributed by atoms with Crippen molar-refractivity contribution in [3.8, 4) is 0 Å². The highest BCUT2D eigenvalue weighted by molar-refractivity contribution is 5.89. The molecule has 0 atom stereocenters. The predicted molar refractivity (Wildman–Crippen MR) is 59.0 cm³/mol. The van der Waals surface area contributed by atoms with Crippen molar-refractivity contribution in [1.29, 1.82) is 0 Å². The smallest absolute Gasteiger partial charge is 0.339 e. The Hall–Kier alpha value is -1.71. The van der Waals surface area contributed by atoms with E-state index in [2.05, 4.69) is 4.98 Å². The molecule has 0 aliphatic heterocycles. The summed E-state index contributed by atoms with van der Waals surface area (Å²) in [5, 5.41) is 0. The van der Waals surface area contributed by atoms with Crippen molar-refractivity contribution in [2.45, 2.75) is 20.3 Å². The summed E-state index contributed by atoms with van der Waals surface area (Å²) in [5.41, 5.74) is 0.402. The van der Waals surface area contributed by atoms with Crippen LogP contribution >= 0.6 is 0 Å². The third-order valence-corrected chi connectivity index (χ3v) is 2.12. The van der Waals surface area contributed by atoms with Crippen molar-refractivity contribution in [3.05, 3.63) is 30.1 Å². The minimum atomic E-state index is -0.440. The van der Waals surface area contributed by atoms with Crippen LogP contribution in [0.5, 0.6) is 0 Å². The fourth-order valence-electron chi connectivity index (χ4n) is 1.10. The molecule has 0 radical (unpaired) electrons. The van der Waals surface area contributed by atoms with E-state index < -0.39 is 5.97 Å². The molecular formula is C12H15NO3. The number of rotatable bonds is 5. The molecule has 4 heteroatoms. The van der Waals surface area contributed by atoms with Crippen LogP contribution in [0.4, 0.5) is 0 Å². The van der Waals surface area contributed by atoms with Crippen LogP contribution in [0.1, 0.15) is 30.6 Å². The molecule has 0 fully saturated rings. The van der Waals surface area contributed by atoms with Gasteiger partial charge in [0.25, 0.3) is 0 Å². The molecule has 0 saturated carbocycles. The van der Waals surface area contributed by atoms with Gasteiger partial charge in [0, 0.05) is 24.7 Å². The van der Waals surface area contributed by atoms with Gasteiger partial charge in [-0.05, 0) is 12.1 Å². The van der Waals surface area contributed by atoms with E-state index in [4.69, 9.17) is 4.74 Å². The molecule has 1 rings (SSSR count). The maximum atomic E-state index is 11.4. The lowest BCUT2D eigenvalue weighted by Crippen LogP contribution is -2.13. The summed E-state index contributed by atoms with van der Waals surface area (Å²) in [5.74, 6) is -0.360. The standard InChI is InChI=1S/C12H15NO3/c1-9(2)11(14)5-7-16-12(15)10-4-3-6-13-8-10/h3-4,6,8-9H,5,7H2,1-2H3. The van der Waals surface area contributed by atoms with Gasteiger partial charge in [-0.25, -0.2) is 4.79 Å². The van der Waals surface area contributed by atoms with Gasteiger partial charge in [-0.3, -0.25) is 9.78 Å². The van der Waals surface area contributed by atoms with Crippen LogP contribution in [0, 0.1) is 5.92 Å². The van der Waals surface area contributed by atoms with Gasteiger partial charge in [0.1, 0.15) is 5.78 Å². The number of ether oxygens (including phenoxy) is 1. The van der Waals surface area contributed by atoms with Crippen molar-refractivity contribution in [3.63, 3.8) is 0 Å². The monoisotopic (exact) mass is 221 g/mol. The van der Waals surface area contributed by atoms with E-state index in [1.807, 2.05) is 13.8 Å². The van der Waals surface area contributed by atoms with Gasteiger partial charge < -0.3 is 4.74 Å². The van der Waals surface area contributed by atoms with E-state index in [-0.39, 0.29) is 24.7 Å². The number of hydrogen-bond acceptors (Lipinski definition) is 4. The molecule has 0 aromatic carbocycles. The summed E-state index contributed by atoms with van der Waals surface area (Å²) < 4.78 is 4.95. The third-order valence-electron chi connectivity index (χ3n) is 2.12. The number of esters is 1. The fraction of sp³-hybridized carbons (Fsp3) is 0.417. The van der Waals surface area contributed by atoms with E-state index in [9.17, 15) is 9.59 Å². The summed E-state index contributed by atoms with van der Waals surface area (Å²) in [6.45, 7) is 3.78. The predicted octanol–water partition coefficient (Wildman–Crippen LogP) is 1.85. The highest BCUT2D eigenvalue weighted by atomic mass is 16.5. The molecule has 4 nitrogen and oxygen atoms in total. The SMILES string of the molecule is CC(C)C(=O)CCOC(=O)c1cccnc1. The minimum absolute atomic E-state index is 0.0166. The highest BCUT2D eigenvalue weighted by Crippen LogP contribution is 2.02. The molecule has 16 heavy (non-hydrogen) atoms. The molecule has 0 N–H and O–H groups in total. The van der Waals surface area contributed by atoms with Crippen LogP contribution in [0.3, 0.4) is 0 Å². The fourth-order valence-corrected chi connectivity index (χ4v) is 1.10. The summed E-state index contributed by atoms with van der Waals surface area (Å²) in [7, 11) is 0. The Bertz CT molecular complexity index is 360. The first-order chi connectivity index (χ1) is 7.61. The van der Waals surface area contributed by atoms with Crippen LogP contribution in [0.2, 0.25) is 0 Å². The van der Waals surface area contributed by atoms with Gasteiger partial charge in [0.15, 0.2) is 0 Å². The number of carbonyl (C=O) groups is 2. The molecule has 0 aliphatic rings. The Kier molecular flexibility index (Phi) is 4.64. The Balaban J connectivity index is 2.34. The number of nitrogens with zero attached hydrogens (tertiary/aromatic N) is 1. The largest absolute Gasteiger partial charge is 0.462 e. The van der Waals surface area contributed by atoms with Gasteiger partial charge >= 0.3 is 5.97 Å². The summed E-state index contributed by atoms with van der Waals surface area (Å²) in [6.07, 6.45) is 3.29. The molecule has 0 bridgehead atoms. The van der Waals surface area contributed by atoms with Crippen molar-refractivity contribution in [1.82, 2.24) is 4.98 Å². The molecule has 0 unspecified atom stereocenters. The molecular weight excluding hydrogens is 206 g/mol. The van der Waals surface area contributed by atoms with Crippen LogP contribution in [0.15, 0.2) is 24.5 Å². The Morgan fingerprint density at radius 3 is 2.75 bits per heavy atom. The third kappa shape index (κ3) is 3.81. The maximum absolute atomic E-state index is 11.4. The van der Waals surface area contributed by atoms with Gasteiger partial charge in [0.2, 0.25) is 0 Å². The first-order valence-electron chi connectivity index (χ1n) is 5.21. The Morgan fingerprint density at radius 1 is 1.44 bits per heavy atom. The first-order valence-corrected chi connectivity index (χ1v) is 5.21. The molecule has 1 heterocycles. The minimum Gasteiger partial charge on any atom is -0.462 e. The molecule has 0 saturated heterocycles. The molecule has 0 aliphatic carbocycles. The summed E-state index contributed by atoms with van der Waals surface area (Å²) in [4.78, 5) is 26.5. The Labute approximate surface area is 94.6 Å². The number of pyridine rings is 1. The van der Waals surface area contributed by atoms with E-state index in [0.29, 0.717) is 5.56 Å². The average Bonchev–Trinajstić information content (AvgIpc) is 2.29. The lowest BCUT2D eigenvalue weighted by molar-refractivity contribution is -0.122. The zero-order valence-corrected chi connectivity index (χ0v) is 9.47. The topological polar surface area (TPSA) is 56.3 Å². The average molecular weight is 221 g/mol. The van der Waals surface area contributed by atoms with Crippen molar-refractivity contribution < 1.29 is 14.3 Å².